The maximum absolute atomic E-state index is 12.5. The minimum absolute atomic E-state index is 0.0605. The average Bonchev–Trinajstić information content (AvgIpc) is 2.81. The Hall–Kier alpha value is -1.42. The second-order valence-electron chi connectivity index (χ2n) is 4.37. The third-order valence-corrected chi connectivity index (χ3v) is 4.79. The highest BCUT2D eigenvalue weighted by atomic mass is 32.2. The van der Waals surface area contributed by atoms with Crippen molar-refractivity contribution in [1.29, 1.82) is 0 Å². The van der Waals surface area contributed by atoms with Gasteiger partial charge in [-0.2, -0.15) is 4.31 Å². The van der Waals surface area contributed by atoms with Crippen LogP contribution in [-0.4, -0.2) is 68.9 Å². The van der Waals surface area contributed by atoms with Crippen molar-refractivity contribution in [3.8, 4) is 0 Å². The lowest BCUT2D eigenvalue weighted by atomic mass is 10.4. The summed E-state index contributed by atoms with van der Waals surface area (Å²) >= 11 is 0. The zero-order chi connectivity index (χ0) is 16.0. The number of carbonyl (C=O) groups is 1. The SMILES string of the molecule is COCCN(CCOC)S(=O)(=O)c1cc(C(=O)O)n(C)c1. The first kappa shape index (κ1) is 17.6. The number of methoxy groups -OCH3 is 2. The van der Waals surface area contributed by atoms with Gasteiger partial charge in [0.05, 0.1) is 13.2 Å². The van der Waals surface area contributed by atoms with Crippen molar-refractivity contribution in [3.63, 3.8) is 0 Å². The summed E-state index contributed by atoms with van der Waals surface area (Å²) in [5.41, 5.74) is -0.0907. The molecule has 1 N–H and O–H groups in total. The Bertz CT molecular complexity index is 573. The van der Waals surface area contributed by atoms with E-state index in [1.165, 1.54) is 36.3 Å². The molecule has 0 fully saturated rings. The van der Waals surface area contributed by atoms with Crippen LogP contribution >= 0.6 is 0 Å². The van der Waals surface area contributed by atoms with E-state index in [1.54, 1.807) is 0 Å². The standard InChI is InChI=1S/C12H20N2O6S/c1-13-9-10(8-11(13)12(15)16)21(17,18)14(4-6-19-2)5-7-20-3/h8-9H,4-7H2,1-3H3,(H,15,16). The van der Waals surface area contributed by atoms with E-state index in [0.717, 1.165) is 6.07 Å². The summed E-state index contributed by atoms with van der Waals surface area (Å²) in [6.07, 6.45) is 1.28. The number of carboxylic acids is 1. The number of nitrogens with zero attached hydrogens (tertiary/aromatic N) is 2. The van der Waals surface area contributed by atoms with Crippen LogP contribution in [0.25, 0.3) is 0 Å². The highest BCUT2D eigenvalue weighted by Crippen LogP contribution is 2.18. The molecule has 0 aromatic carbocycles. The number of aryl methyl sites for hydroxylation is 1. The van der Waals surface area contributed by atoms with Crippen molar-refractivity contribution in [2.75, 3.05) is 40.5 Å². The van der Waals surface area contributed by atoms with Gasteiger partial charge in [0.25, 0.3) is 0 Å². The van der Waals surface area contributed by atoms with Crippen LogP contribution in [0, 0.1) is 0 Å². The highest BCUT2D eigenvalue weighted by Gasteiger charge is 2.27. The molecule has 0 spiro atoms. The summed E-state index contributed by atoms with van der Waals surface area (Å²) in [6.45, 7) is 0.808. The molecule has 0 saturated heterocycles. The molecule has 21 heavy (non-hydrogen) atoms. The number of sulfonamides is 1. The first-order valence-electron chi connectivity index (χ1n) is 6.22. The summed E-state index contributed by atoms with van der Waals surface area (Å²) in [5.74, 6) is -1.18. The fourth-order valence-corrected chi connectivity index (χ4v) is 3.26. The van der Waals surface area contributed by atoms with Crippen LogP contribution in [0.3, 0.4) is 0 Å². The van der Waals surface area contributed by atoms with E-state index in [2.05, 4.69) is 0 Å². The van der Waals surface area contributed by atoms with Gasteiger partial charge >= 0.3 is 5.97 Å². The molecule has 0 aliphatic heterocycles. The first-order valence-corrected chi connectivity index (χ1v) is 7.66. The number of rotatable bonds is 9. The third kappa shape index (κ3) is 4.27. The Labute approximate surface area is 123 Å². The fourth-order valence-electron chi connectivity index (χ4n) is 1.78. The minimum atomic E-state index is -3.79. The van der Waals surface area contributed by atoms with Gasteiger partial charge in [-0.15, -0.1) is 0 Å². The van der Waals surface area contributed by atoms with Gasteiger partial charge in [0.2, 0.25) is 10.0 Å². The second-order valence-corrected chi connectivity index (χ2v) is 6.30. The normalized spacial score (nSPS) is 12.0. The summed E-state index contributed by atoms with van der Waals surface area (Å²) < 4.78 is 37.4. The molecular formula is C12H20N2O6S. The molecule has 1 heterocycles. The maximum Gasteiger partial charge on any atom is 0.352 e. The van der Waals surface area contributed by atoms with Crippen LogP contribution in [0.5, 0.6) is 0 Å². The molecule has 0 bridgehead atoms. The molecule has 8 nitrogen and oxygen atoms in total. The van der Waals surface area contributed by atoms with Gasteiger partial charge in [-0.25, -0.2) is 13.2 Å². The lowest BCUT2D eigenvalue weighted by molar-refractivity contribution is 0.0686. The molecular weight excluding hydrogens is 300 g/mol. The summed E-state index contributed by atoms with van der Waals surface area (Å²) in [5, 5.41) is 9.00. The molecule has 0 atom stereocenters. The Kier molecular flexibility index (Phi) is 6.34. The molecule has 0 amide bonds. The van der Waals surface area contributed by atoms with E-state index in [0.29, 0.717) is 0 Å². The Morgan fingerprint density at radius 1 is 1.29 bits per heavy atom. The molecule has 1 aromatic heterocycles. The molecule has 120 valence electrons. The topological polar surface area (TPSA) is 98.1 Å². The summed E-state index contributed by atoms with van der Waals surface area (Å²) in [7, 11) is 0.648. The third-order valence-electron chi connectivity index (χ3n) is 2.93. The van der Waals surface area contributed by atoms with Crippen molar-refractivity contribution in [3.05, 3.63) is 18.0 Å². The van der Waals surface area contributed by atoms with E-state index in [-0.39, 0.29) is 36.9 Å². The van der Waals surface area contributed by atoms with Crippen LogP contribution in [-0.2, 0) is 26.5 Å². The monoisotopic (exact) mass is 320 g/mol. The first-order chi connectivity index (χ1) is 9.84. The number of carboxylic acid groups (broad SMARTS) is 1. The molecule has 0 aliphatic carbocycles. The molecule has 0 saturated carbocycles. The van der Waals surface area contributed by atoms with Gasteiger partial charge in [0.1, 0.15) is 10.6 Å². The number of hydrogen-bond donors (Lipinski definition) is 1. The molecule has 9 heteroatoms. The number of aromatic nitrogens is 1. The van der Waals surface area contributed by atoms with Crippen LogP contribution in [0.2, 0.25) is 0 Å². The van der Waals surface area contributed by atoms with Crippen molar-refractivity contribution in [1.82, 2.24) is 8.87 Å². The van der Waals surface area contributed by atoms with Gasteiger partial charge in [0.15, 0.2) is 0 Å². The van der Waals surface area contributed by atoms with Gasteiger partial charge in [-0.1, -0.05) is 0 Å². The predicted molar refractivity (Wildman–Crippen MR) is 74.9 cm³/mol. The van der Waals surface area contributed by atoms with Gasteiger partial charge in [0, 0.05) is 40.6 Å². The van der Waals surface area contributed by atoms with E-state index in [9.17, 15) is 13.2 Å². The van der Waals surface area contributed by atoms with Crippen LogP contribution in [0.1, 0.15) is 10.5 Å². The molecule has 1 aromatic rings. The number of ether oxygens (including phenoxy) is 2. The zero-order valence-corrected chi connectivity index (χ0v) is 13.1. The lowest BCUT2D eigenvalue weighted by Gasteiger charge is -2.20. The van der Waals surface area contributed by atoms with Crippen molar-refractivity contribution in [2.24, 2.45) is 7.05 Å². The van der Waals surface area contributed by atoms with Crippen LogP contribution < -0.4 is 0 Å². The van der Waals surface area contributed by atoms with Crippen molar-refractivity contribution in [2.45, 2.75) is 4.90 Å². The van der Waals surface area contributed by atoms with Crippen LogP contribution in [0.15, 0.2) is 17.2 Å². The smallest absolute Gasteiger partial charge is 0.352 e. The van der Waals surface area contributed by atoms with Gasteiger partial charge < -0.3 is 19.1 Å². The van der Waals surface area contributed by atoms with E-state index in [1.807, 2.05) is 0 Å². The van der Waals surface area contributed by atoms with Crippen molar-refractivity contribution < 1.29 is 27.8 Å². The lowest BCUT2D eigenvalue weighted by Crippen LogP contribution is -2.36. The highest BCUT2D eigenvalue weighted by molar-refractivity contribution is 7.89. The van der Waals surface area contributed by atoms with E-state index >= 15 is 0 Å². The average molecular weight is 320 g/mol. The molecule has 0 aliphatic rings. The van der Waals surface area contributed by atoms with Crippen molar-refractivity contribution >= 4 is 16.0 Å². The van der Waals surface area contributed by atoms with Gasteiger partial charge in [-0.3, -0.25) is 0 Å². The largest absolute Gasteiger partial charge is 0.477 e. The number of hydrogen-bond acceptors (Lipinski definition) is 5. The molecule has 1 rings (SSSR count). The fraction of sp³-hybridized carbons (Fsp3) is 0.583. The Morgan fingerprint density at radius 3 is 2.19 bits per heavy atom. The van der Waals surface area contributed by atoms with Crippen LogP contribution in [0.4, 0.5) is 0 Å². The quantitative estimate of drug-likeness (QED) is 0.688. The minimum Gasteiger partial charge on any atom is -0.477 e. The van der Waals surface area contributed by atoms with E-state index in [4.69, 9.17) is 14.6 Å². The zero-order valence-electron chi connectivity index (χ0n) is 12.3. The second kappa shape index (κ2) is 7.55. The van der Waals surface area contributed by atoms with E-state index < -0.39 is 16.0 Å². The Balaban J connectivity index is 3.09. The molecule has 0 radical (unpaired) electrons. The maximum atomic E-state index is 12.5. The summed E-state index contributed by atoms with van der Waals surface area (Å²) in [6, 6.07) is 1.14. The number of aromatic carboxylic acids is 1. The summed E-state index contributed by atoms with van der Waals surface area (Å²) in [4.78, 5) is 10.9. The Morgan fingerprint density at radius 2 is 1.81 bits per heavy atom. The molecule has 0 unspecified atom stereocenters. The predicted octanol–water partition coefficient (Wildman–Crippen LogP) is 0.00680. The van der Waals surface area contributed by atoms with Gasteiger partial charge in [-0.05, 0) is 6.07 Å².